The second-order valence-electron chi connectivity index (χ2n) is 7.36. The third kappa shape index (κ3) is 4.00. The number of carbonyl (C=O) groups is 1. The average molecular weight is 399 g/mol. The molecule has 0 aliphatic carbocycles. The Morgan fingerprint density at radius 3 is 3.00 bits per heavy atom. The second kappa shape index (κ2) is 8.31. The van der Waals surface area contributed by atoms with Crippen molar-refractivity contribution >= 4 is 17.3 Å². The van der Waals surface area contributed by atoms with Crippen LogP contribution in [0.4, 0.5) is 5.69 Å². The Labute approximate surface area is 174 Å². The van der Waals surface area contributed by atoms with E-state index in [1.807, 2.05) is 43.3 Å². The lowest BCUT2D eigenvalue weighted by molar-refractivity contribution is -0.110. The Kier molecular flexibility index (Phi) is 5.42. The summed E-state index contributed by atoms with van der Waals surface area (Å²) in [6.45, 7) is 2.96. The van der Waals surface area contributed by atoms with Gasteiger partial charge >= 0.3 is 0 Å². The van der Waals surface area contributed by atoms with Crippen LogP contribution >= 0.6 is 0 Å². The van der Waals surface area contributed by atoms with Crippen LogP contribution in [0.3, 0.4) is 0 Å². The van der Waals surface area contributed by atoms with Gasteiger partial charge in [-0.3, -0.25) is 14.5 Å². The van der Waals surface area contributed by atoms with Crippen LogP contribution in [0, 0.1) is 11.3 Å². The lowest BCUT2D eigenvalue weighted by atomic mass is 9.95. The van der Waals surface area contributed by atoms with Crippen LogP contribution < -0.4 is 5.32 Å². The Balaban J connectivity index is 1.47. The highest BCUT2D eigenvalue weighted by Crippen LogP contribution is 2.25. The number of anilines is 1. The van der Waals surface area contributed by atoms with E-state index in [1.54, 1.807) is 23.1 Å². The average Bonchev–Trinajstić information content (AvgIpc) is 3.39. The topological polar surface area (TPSA) is 103 Å². The summed E-state index contributed by atoms with van der Waals surface area (Å²) < 4.78 is 1.71. The van der Waals surface area contributed by atoms with Crippen LogP contribution in [0.5, 0.6) is 0 Å². The smallest absolute Gasteiger partial charge is 0.274 e. The predicted octanol–water partition coefficient (Wildman–Crippen LogP) is 2.84. The molecular weight excluding hydrogens is 378 g/mol. The van der Waals surface area contributed by atoms with E-state index < -0.39 is 0 Å². The van der Waals surface area contributed by atoms with Crippen molar-refractivity contribution in [1.82, 2.24) is 9.78 Å². The van der Waals surface area contributed by atoms with Gasteiger partial charge in [-0.25, -0.2) is 0 Å². The van der Waals surface area contributed by atoms with Gasteiger partial charge in [0.15, 0.2) is 0 Å². The van der Waals surface area contributed by atoms with Crippen LogP contribution in [0.25, 0.3) is 0 Å². The molecule has 2 heterocycles. The second-order valence-corrected chi connectivity index (χ2v) is 7.36. The maximum absolute atomic E-state index is 12.8. The summed E-state index contributed by atoms with van der Waals surface area (Å²) in [5, 5.41) is 25.6. The number of nitrogens with one attached hydrogen (secondary N) is 1. The van der Waals surface area contributed by atoms with Crippen molar-refractivity contribution in [2.24, 2.45) is 4.99 Å². The molecule has 7 nitrogen and oxygen atoms in total. The summed E-state index contributed by atoms with van der Waals surface area (Å²) in [4.78, 5) is 17.2. The predicted molar refractivity (Wildman–Crippen MR) is 113 cm³/mol. The van der Waals surface area contributed by atoms with E-state index in [0.717, 1.165) is 22.3 Å². The van der Waals surface area contributed by atoms with Crippen molar-refractivity contribution in [3.63, 3.8) is 0 Å². The van der Waals surface area contributed by atoms with E-state index in [9.17, 15) is 9.90 Å². The molecule has 1 aromatic heterocycles. The molecule has 0 fully saturated rings. The number of aliphatic hydroxyl groups excluding tert-OH is 1. The maximum atomic E-state index is 12.8. The minimum atomic E-state index is -0.284. The van der Waals surface area contributed by atoms with Gasteiger partial charge in [0.1, 0.15) is 5.71 Å². The number of aliphatic imine (C=N–C) groups is 1. The van der Waals surface area contributed by atoms with Crippen molar-refractivity contribution in [1.29, 1.82) is 5.26 Å². The van der Waals surface area contributed by atoms with Crippen molar-refractivity contribution < 1.29 is 9.90 Å². The van der Waals surface area contributed by atoms with E-state index >= 15 is 0 Å². The molecule has 0 saturated carbocycles. The Hall–Kier alpha value is -3.76. The summed E-state index contributed by atoms with van der Waals surface area (Å²) in [6.07, 6.45) is 3.34. The maximum Gasteiger partial charge on any atom is 0.274 e. The number of nitriles is 1. The first-order valence-corrected chi connectivity index (χ1v) is 9.68. The third-order valence-corrected chi connectivity index (χ3v) is 5.15. The summed E-state index contributed by atoms with van der Waals surface area (Å²) in [6, 6.07) is 15.3. The molecule has 7 heteroatoms. The number of amides is 1. The SMILES string of the molecule is CC(CO)c1ccc2c(c1)C(C(=O)Nc1cnn(Cc3cccc(C#N)c3)c1)=NC2. The van der Waals surface area contributed by atoms with Crippen LogP contribution in [0.2, 0.25) is 0 Å². The number of nitrogens with zero attached hydrogens (tertiary/aromatic N) is 4. The highest BCUT2D eigenvalue weighted by molar-refractivity contribution is 6.49. The molecule has 150 valence electrons. The molecule has 2 N–H and O–H groups in total. The number of aromatic nitrogens is 2. The van der Waals surface area contributed by atoms with Crippen molar-refractivity contribution in [3.05, 3.63) is 82.7 Å². The molecule has 1 aliphatic rings. The van der Waals surface area contributed by atoms with Gasteiger partial charge in [0, 0.05) is 24.3 Å². The van der Waals surface area contributed by atoms with Gasteiger partial charge in [-0.1, -0.05) is 31.2 Å². The van der Waals surface area contributed by atoms with Crippen LogP contribution in [0.1, 0.15) is 40.7 Å². The zero-order valence-electron chi connectivity index (χ0n) is 16.5. The van der Waals surface area contributed by atoms with E-state index in [2.05, 4.69) is 21.5 Å². The minimum Gasteiger partial charge on any atom is -0.396 e. The molecule has 0 saturated heterocycles. The normalized spacial score (nSPS) is 13.3. The zero-order chi connectivity index (χ0) is 21.1. The number of hydrogen-bond donors (Lipinski definition) is 2. The van der Waals surface area contributed by atoms with Crippen molar-refractivity contribution in [3.8, 4) is 6.07 Å². The molecule has 3 aromatic rings. The first-order chi connectivity index (χ1) is 14.6. The number of hydrogen-bond acceptors (Lipinski definition) is 5. The molecule has 30 heavy (non-hydrogen) atoms. The lowest BCUT2D eigenvalue weighted by Gasteiger charge is -2.11. The molecule has 4 rings (SSSR count). The molecule has 0 radical (unpaired) electrons. The van der Waals surface area contributed by atoms with Crippen LogP contribution in [0.15, 0.2) is 59.9 Å². The monoisotopic (exact) mass is 399 g/mol. The van der Waals surface area contributed by atoms with Gasteiger partial charge in [0.05, 0.1) is 36.6 Å². The molecule has 0 bridgehead atoms. The summed E-state index contributed by atoms with van der Waals surface area (Å²) in [7, 11) is 0. The number of benzene rings is 2. The Morgan fingerprint density at radius 1 is 1.33 bits per heavy atom. The molecule has 1 unspecified atom stereocenters. The minimum absolute atomic E-state index is 0.00187. The fourth-order valence-electron chi connectivity index (χ4n) is 3.44. The van der Waals surface area contributed by atoms with Crippen LogP contribution in [-0.4, -0.2) is 33.1 Å². The molecule has 1 aliphatic heterocycles. The third-order valence-electron chi connectivity index (χ3n) is 5.15. The molecule has 1 amide bonds. The number of aliphatic hydroxyl groups is 1. The fourth-order valence-corrected chi connectivity index (χ4v) is 3.44. The summed E-state index contributed by atoms with van der Waals surface area (Å²) >= 11 is 0. The standard InChI is InChI=1S/C23H21N5O2/c1-15(14-29)18-5-6-19-10-25-22(21(19)8-18)23(30)27-20-11-26-28(13-20)12-17-4-2-3-16(7-17)9-24/h2-8,11,13,15,29H,10,12,14H2,1H3,(H,27,30). The first kappa shape index (κ1) is 19.6. The van der Waals surface area contributed by atoms with E-state index in [4.69, 9.17) is 5.26 Å². The Bertz CT molecular complexity index is 1170. The lowest BCUT2D eigenvalue weighted by Crippen LogP contribution is -2.22. The van der Waals surface area contributed by atoms with Crippen molar-refractivity contribution in [2.45, 2.75) is 25.9 Å². The molecule has 0 spiro atoms. The quantitative estimate of drug-likeness (QED) is 0.665. The van der Waals surface area contributed by atoms with E-state index in [-0.39, 0.29) is 18.4 Å². The van der Waals surface area contributed by atoms with Gasteiger partial charge in [0.25, 0.3) is 5.91 Å². The highest BCUT2D eigenvalue weighted by Gasteiger charge is 2.23. The number of fused-ring (bicyclic) bond motifs is 1. The van der Waals surface area contributed by atoms with E-state index in [1.165, 1.54) is 0 Å². The number of carbonyl (C=O) groups excluding carboxylic acids is 1. The first-order valence-electron chi connectivity index (χ1n) is 9.68. The molecule has 1 atom stereocenters. The Morgan fingerprint density at radius 2 is 2.20 bits per heavy atom. The van der Waals surface area contributed by atoms with Gasteiger partial charge in [-0.15, -0.1) is 0 Å². The van der Waals surface area contributed by atoms with E-state index in [0.29, 0.717) is 30.1 Å². The van der Waals surface area contributed by atoms with Gasteiger partial charge < -0.3 is 10.4 Å². The van der Waals surface area contributed by atoms with Crippen molar-refractivity contribution in [2.75, 3.05) is 11.9 Å². The largest absolute Gasteiger partial charge is 0.396 e. The molecule has 2 aromatic carbocycles. The van der Waals surface area contributed by atoms with Gasteiger partial charge in [-0.05, 0) is 34.9 Å². The fraction of sp³-hybridized carbons (Fsp3) is 0.217. The van der Waals surface area contributed by atoms with Crippen LogP contribution in [-0.2, 0) is 17.9 Å². The molecular formula is C23H21N5O2. The van der Waals surface area contributed by atoms with Gasteiger partial charge in [0.2, 0.25) is 0 Å². The van der Waals surface area contributed by atoms with Gasteiger partial charge in [-0.2, -0.15) is 10.4 Å². The highest BCUT2D eigenvalue weighted by atomic mass is 16.3. The number of rotatable bonds is 6. The zero-order valence-corrected chi connectivity index (χ0v) is 16.5. The summed E-state index contributed by atoms with van der Waals surface area (Å²) in [5.41, 5.74) is 5.31. The summed E-state index contributed by atoms with van der Waals surface area (Å²) in [5.74, 6) is -0.286.